The van der Waals surface area contributed by atoms with Crippen LogP contribution in [-0.4, -0.2) is 46.4 Å². The third-order valence-electron chi connectivity index (χ3n) is 22.0. The molecule has 18 aromatic rings. The molecule has 0 unspecified atom stereocenters. The van der Waals surface area contributed by atoms with Crippen LogP contribution in [0.15, 0.2) is 255 Å². The van der Waals surface area contributed by atoms with Gasteiger partial charge in [0.05, 0.1) is 72.9 Å². The van der Waals surface area contributed by atoms with Gasteiger partial charge in [0.15, 0.2) is 0 Å². The van der Waals surface area contributed by atoms with Gasteiger partial charge >= 0.3 is 0 Å². The van der Waals surface area contributed by atoms with Crippen LogP contribution in [0.2, 0.25) is 0 Å². The number of hydrogen-bond donors (Lipinski definition) is 0. The summed E-state index contributed by atoms with van der Waals surface area (Å²) in [5, 5.41) is 9.46. The molecule has 13 aromatic carbocycles. The van der Waals surface area contributed by atoms with Gasteiger partial charge in [0, 0.05) is 116 Å². The topological polar surface area (TPSA) is 58.2 Å². The Morgan fingerprint density at radius 1 is 0.280 bits per heavy atom. The molecule has 24 rings (SSSR count). The van der Waals surface area contributed by atoms with E-state index in [2.05, 4.69) is 290 Å². The van der Waals surface area contributed by atoms with Crippen LogP contribution in [0, 0.1) is 0 Å². The number of para-hydroxylation sites is 6. The van der Waals surface area contributed by atoms with Gasteiger partial charge in [-0.2, -0.15) is 0 Å². The lowest BCUT2D eigenvalue weighted by atomic mass is 9.31. The number of anilines is 4. The first-order chi connectivity index (χ1) is 49.5. The van der Waals surface area contributed by atoms with E-state index in [9.17, 15) is 0 Å². The Morgan fingerprint density at radius 3 is 1.00 bits per heavy atom. The smallest absolute Gasteiger partial charge is 0.273 e. The number of benzene rings is 13. The van der Waals surface area contributed by atoms with Crippen molar-refractivity contribution in [2.24, 2.45) is 0 Å². The summed E-state index contributed by atoms with van der Waals surface area (Å²) in [6.07, 6.45) is 4.40. The van der Waals surface area contributed by atoms with Crippen molar-refractivity contribution < 1.29 is 18.9 Å². The van der Waals surface area contributed by atoms with Gasteiger partial charge in [-0.1, -0.05) is 146 Å². The summed E-state index contributed by atoms with van der Waals surface area (Å²) in [6.45, 7) is -0.653. The summed E-state index contributed by atoms with van der Waals surface area (Å²) >= 11 is 7.12. The second-order valence-electron chi connectivity index (χ2n) is 26.9. The zero-order valence-corrected chi connectivity index (χ0v) is 56.7. The highest BCUT2D eigenvalue weighted by molar-refractivity contribution is 8.00. The average Bonchev–Trinajstić information content (AvgIpc) is 1.13. The van der Waals surface area contributed by atoms with Gasteiger partial charge in [-0.3, -0.25) is 8.61 Å². The third-order valence-corrected chi connectivity index (χ3v) is 26.0. The van der Waals surface area contributed by atoms with Crippen molar-refractivity contribution in [1.29, 1.82) is 0 Å². The van der Waals surface area contributed by atoms with Crippen molar-refractivity contribution in [1.82, 2.24) is 13.7 Å². The fraction of sp³-hybridized carbons (Fsp3) is 0.0238. The molecule has 0 aliphatic carbocycles. The second kappa shape index (κ2) is 19.8. The molecule has 6 aliphatic heterocycles. The summed E-state index contributed by atoms with van der Waals surface area (Å²) in [7, 11) is 0. The quantitative estimate of drug-likeness (QED) is 0.125. The van der Waals surface area contributed by atoms with E-state index in [0.717, 1.165) is 157 Å². The standard InChI is InChI=1S/C84H48B3N5O4S4/c1-97-91-66-43-71-59(87-80-74(94-71)39-47(40-75(80)96-82-55-26-10-18-34-77(55)100-84(82)87)90-64-31-15-7-23-52(64)53-24-8-16-32-65(53)90)41-56(66)85-58-42-57-67(44-70(58)93-72-37-45(35-68(91)78(72)85)88-60-27-11-3-19-48(60)49-20-4-12-28-61(49)88)92(98-2)69-36-46(89-62-29-13-5-21-50(62)51-22-6-14-30-63(51)89)38-73-79(69)86(57)83-81(95-73)54-25-9-17-33-76(54)99-83/h3-44H,1-2H3. The van der Waals surface area contributed by atoms with Gasteiger partial charge in [-0.05, 0) is 129 Å². The lowest BCUT2D eigenvalue weighted by molar-refractivity contribution is 0.467. The predicted molar refractivity (Wildman–Crippen MR) is 424 cm³/mol. The molecular weight excluding hydrogens is 1300 g/mol. The Labute approximate surface area is 590 Å². The number of aromatic nitrogens is 3. The van der Waals surface area contributed by atoms with E-state index in [0.29, 0.717) is 0 Å². The summed E-state index contributed by atoms with van der Waals surface area (Å²) in [6, 6.07) is 93.7. The molecule has 100 heavy (non-hydrogen) atoms. The van der Waals surface area contributed by atoms with Crippen LogP contribution in [0.3, 0.4) is 0 Å². The third kappa shape index (κ3) is 7.08. The normalized spacial score (nSPS) is 14.0. The molecule has 6 aliphatic rings. The van der Waals surface area contributed by atoms with Crippen molar-refractivity contribution in [3.8, 4) is 63.1 Å². The molecule has 0 saturated carbocycles. The van der Waals surface area contributed by atoms with Crippen LogP contribution in [0.25, 0.3) is 103 Å². The van der Waals surface area contributed by atoms with Gasteiger partial charge in [0.25, 0.3) is 20.1 Å². The summed E-state index contributed by atoms with van der Waals surface area (Å²) in [5.41, 5.74) is 22.1. The molecule has 0 atom stereocenters. The lowest BCUT2D eigenvalue weighted by Crippen LogP contribution is -2.64. The zero-order chi connectivity index (χ0) is 65.1. The number of fused-ring (bicyclic) bond motifs is 25. The molecule has 11 heterocycles. The first kappa shape index (κ1) is 54.8. The fourth-order valence-electron chi connectivity index (χ4n) is 18.1. The molecule has 0 fully saturated rings. The maximum Gasteiger partial charge on any atom is 0.273 e. The summed E-state index contributed by atoms with van der Waals surface area (Å²) < 4.78 is 47.1. The minimum absolute atomic E-state index is 0.167. The molecule has 0 N–H and O–H groups in total. The highest BCUT2D eigenvalue weighted by atomic mass is 32.2. The van der Waals surface area contributed by atoms with E-state index >= 15 is 0 Å². The van der Waals surface area contributed by atoms with Crippen molar-refractivity contribution in [3.05, 3.63) is 255 Å². The average molecular weight is 1350 g/mol. The largest absolute Gasteiger partial charge is 0.458 e. The minimum atomic E-state index is -0.279. The Hall–Kier alpha value is -11.1. The van der Waals surface area contributed by atoms with E-state index in [1.807, 2.05) is 22.7 Å². The molecule has 0 radical (unpaired) electrons. The minimum Gasteiger partial charge on any atom is -0.458 e. The molecule has 0 saturated heterocycles. The molecule has 0 spiro atoms. The van der Waals surface area contributed by atoms with Crippen molar-refractivity contribution in [2.75, 3.05) is 21.1 Å². The Kier molecular flexibility index (Phi) is 10.9. The maximum absolute atomic E-state index is 7.79. The molecule has 5 aromatic heterocycles. The zero-order valence-electron chi connectivity index (χ0n) is 53.5. The van der Waals surface area contributed by atoms with Crippen LogP contribution >= 0.6 is 46.6 Å². The second-order valence-corrected chi connectivity index (χ2v) is 30.5. The molecule has 0 amide bonds. The Morgan fingerprint density at radius 2 is 0.590 bits per heavy atom. The molecular formula is C84H48B3N5O4S4. The van der Waals surface area contributed by atoms with E-state index in [1.165, 1.54) is 62.2 Å². The van der Waals surface area contributed by atoms with Crippen LogP contribution in [0.1, 0.15) is 0 Å². The van der Waals surface area contributed by atoms with Gasteiger partial charge in [0.1, 0.15) is 46.0 Å². The number of ether oxygens (including phenoxy) is 4. The number of hydrogen-bond acceptors (Lipinski definition) is 10. The summed E-state index contributed by atoms with van der Waals surface area (Å²) in [4.78, 5) is 0. The maximum atomic E-state index is 7.79. The molecule has 9 nitrogen and oxygen atoms in total. The van der Waals surface area contributed by atoms with Crippen LogP contribution < -0.4 is 75.4 Å². The first-order valence-corrected chi connectivity index (χ1v) is 37.8. The molecule has 16 heteroatoms. The van der Waals surface area contributed by atoms with Gasteiger partial charge in [0.2, 0.25) is 0 Å². The van der Waals surface area contributed by atoms with Crippen molar-refractivity contribution in [2.45, 2.75) is 0 Å². The fourth-order valence-corrected chi connectivity index (χ4v) is 22.0. The first-order valence-electron chi connectivity index (χ1n) is 33.8. The van der Waals surface area contributed by atoms with E-state index < -0.39 is 0 Å². The highest BCUT2D eigenvalue weighted by Gasteiger charge is 2.50. The SMILES string of the molecule is CSN1c2cc3c(cc2B2c4cc5c(cc4Oc4cc(-n6c7ccccc7c7ccccc76)cc1c42)N(SC)c1cc(-n2c4ccccc4c4ccccc42)cc2c1B5c1sc4ccccc4c1O2)B1c2sc4ccccc4c2Oc2cc(-n4c5ccccc5c5ccccc54)cc(c21)O3. The highest BCUT2D eigenvalue weighted by Crippen LogP contribution is 2.51. The Balaban J connectivity index is 0.764. The molecule has 0 bridgehead atoms. The van der Waals surface area contributed by atoms with Crippen LogP contribution in [0.4, 0.5) is 22.7 Å². The van der Waals surface area contributed by atoms with Crippen molar-refractivity contribution in [3.63, 3.8) is 0 Å². The van der Waals surface area contributed by atoms with Crippen molar-refractivity contribution >= 4 is 223 Å². The summed E-state index contributed by atoms with van der Waals surface area (Å²) in [5.74, 6) is 6.77. The van der Waals surface area contributed by atoms with Gasteiger partial charge in [-0.15, -0.1) is 22.7 Å². The van der Waals surface area contributed by atoms with Gasteiger partial charge < -0.3 is 32.6 Å². The number of rotatable bonds is 5. The van der Waals surface area contributed by atoms with Crippen LogP contribution in [-0.2, 0) is 0 Å². The van der Waals surface area contributed by atoms with Gasteiger partial charge in [-0.25, -0.2) is 0 Å². The lowest BCUT2D eigenvalue weighted by Gasteiger charge is -2.42. The Bertz CT molecular complexity index is 6650. The monoisotopic (exact) mass is 1350 g/mol. The van der Waals surface area contributed by atoms with E-state index in [-0.39, 0.29) is 20.1 Å². The van der Waals surface area contributed by atoms with E-state index in [1.54, 1.807) is 23.9 Å². The number of thiophene rings is 2. The van der Waals surface area contributed by atoms with E-state index in [4.69, 9.17) is 18.9 Å². The predicted octanol–water partition coefficient (Wildman–Crippen LogP) is 16.8. The van der Waals surface area contributed by atoms with Crippen LogP contribution in [0.5, 0.6) is 46.0 Å². The number of nitrogens with zero attached hydrogens (tertiary/aromatic N) is 5. The molecule has 466 valence electrons.